The summed E-state index contributed by atoms with van der Waals surface area (Å²) in [5, 5.41) is 7.72. The Morgan fingerprint density at radius 2 is 1.86 bits per heavy atom. The third-order valence-electron chi connectivity index (χ3n) is 0.302. The van der Waals surface area contributed by atoms with Crippen LogP contribution in [0.15, 0.2) is 0 Å². The van der Waals surface area contributed by atoms with Crippen LogP contribution in [-0.4, -0.2) is 11.1 Å². The summed E-state index contributed by atoms with van der Waals surface area (Å²) in [5.74, 6) is -0.745. The van der Waals surface area contributed by atoms with E-state index in [9.17, 15) is 4.79 Å². The number of hydrogen-bond acceptors (Lipinski definition) is 2. The molecule has 0 aromatic heterocycles. The molecule has 0 saturated heterocycles. The number of carbonyl (C=O) groups is 1. The molecule has 7 heavy (non-hydrogen) atoms. The largest absolute Gasteiger partial charge is 0.481 e. The van der Waals surface area contributed by atoms with Gasteiger partial charge in [0.15, 0.2) is 0 Å². The minimum atomic E-state index is -0.745. The van der Waals surface area contributed by atoms with Gasteiger partial charge in [0, 0.05) is 6.42 Å². The molecule has 0 bridgehead atoms. The number of carboxylic acids is 1. The van der Waals surface area contributed by atoms with Gasteiger partial charge < -0.3 is 11.3 Å². The van der Waals surface area contributed by atoms with Gasteiger partial charge in [0.25, 0.3) is 0 Å². The Hall–Kier alpha value is -0.220. The Bertz CT molecular complexity index is 48.2. The van der Waals surface area contributed by atoms with Crippen molar-refractivity contribution < 1.29 is 9.90 Å². The van der Waals surface area contributed by atoms with E-state index in [4.69, 9.17) is 5.11 Å². The van der Waals surface area contributed by atoms with Crippen LogP contribution in [0, 0.1) is 0 Å². The second kappa shape index (κ2) is 9.24. The van der Waals surface area contributed by atoms with E-state index < -0.39 is 5.97 Å². The van der Waals surface area contributed by atoms with Crippen LogP contribution in [0.25, 0.3) is 0 Å². The van der Waals surface area contributed by atoms with Gasteiger partial charge in [-0.15, -0.1) is 0 Å². The average molecular weight is 125 g/mol. The zero-order valence-corrected chi connectivity index (χ0v) is 5.27. The summed E-state index contributed by atoms with van der Waals surface area (Å²) in [7, 11) is 0. The topological polar surface area (TPSA) is 72.3 Å². The molecule has 0 aromatic carbocycles. The van der Waals surface area contributed by atoms with Crippen LogP contribution in [0.1, 0.15) is 13.3 Å². The van der Waals surface area contributed by atoms with Crippen molar-refractivity contribution in [2.45, 2.75) is 13.3 Å². The van der Waals surface area contributed by atoms with Gasteiger partial charge in [-0.2, -0.15) is 13.5 Å². The smallest absolute Gasteiger partial charge is 0.303 e. The van der Waals surface area contributed by atoms with Crippen molar-refractivity contribution in [1.29, 1.82) is 0 Å². The number of aliphatic carboxylic acids is 1. The highest BCUT2D eigenvalue weighted by Crippen LogP contribution is 1.67. The van der Waals surface area contributed by atoms with Crippen LogP contribution in [0.5, 0.6) is 0 Å². The summed E-state index contributed by atoms with van der Waals surface area (Å²) in [4.78, 5) is 9.37. The Morgan fingerprint density at radius 3 is 1.86 bits per heavy atom. The molecule has 0 spiro atoms. The highest BCUT2D eigenvalue weighted by atomic mass is 32.1. The van der Waals surface area contributed by atoms with E-state index in [1.54, 1.807) is 6.92 Å². The Morgan fingerprint density at radius 1 is 1.71 bits per heavy atom. The minimum absolute atomic E-state index is 0. The summed E-state index contributed by atoms with van der Waals surface area (Å²) in [5.41, 5.74) is 0. The van der Waals surface area contributed by atoms with Crippen molar-refractivity contribution in [3.05, 3.63) is 0 Å². The summed E-state index contributed by atoms with van der Waals surface area (Å²) >= 11 is 0. The number of rotatable bonds is 1. The van der Waals surface area contributed by atoms with Gasteiger partial charge in [-0.1, -0.05) is 6.92 Å². The monoisotopic (exact) mass is 125 g/mol. The molecule has 0 saturated carbocycles. The molecule has 0 fully saturated rings. The van der Waals surface area contributed by atoms with Crippen molar-refractivity contribution >= 4 is 19.5 Å². The fourth-order valence-corrected chi connectivity index (χ4v) is 0. The maximum atomic E-state index is 9.37. The maximum absolute atomic E-state index is 9.37. The molecule has 0 rings (SSSR count). The van der Waals surface area contributed by atoms with Gasteiger partial charge in [-0.05, 0) is 0 Å². The van der Waals surface area contributed by atoms with Gasteiger partial charge >= 0.3 is 5.97 Å². The minimum Gasteiger partial charge on any atom is -0.481 e. The molecule has 46 valence electrons. The summed E-state index contributed by atoms with van der Waals surface area (Å²) in [6.07, 6.45) is 0.222. The number of carboxylic acid groups (broad SMARTS) is 1. The first kappa shape index (κ1) is 15.9. The van der Waals surface area contributed by atoms with E-state index in [0.29, 0.717) is 0 Å². The normalized spacial score (nSPS) is 5.29. The maximum Gasteiger partial charge on any atom is 0.303 e. The molecule has 4 heteroatoms. The Kier molecular flexibility index (Phi) is 20.9. The van der Waals surface area contributed by atoms with Crippen LogP contribution in [0.3, 0.4) is 0 Å². The van der Waals surface area contributed by atoms with E-state index in [-0.39, 0.29) is 26.1 Å². The second-order valence-electron chi connectivity index (χ2n) is 0.747. The standard InChI is InChI=1S/C3H6O2.H3N.H2S/c1-2-3(4)5;;/h2H2,1H3,(H,4,5);1H3;1H2. The SMILES string of the molecule is CCC(=O)O.N.S. The first-order valence-corrected chi connectivity index (χ1v) is 1.49. The highest BCUT2D eigenvalue weighted by molar-refractivity contribution is 7.59. The van der Waals surface area contributed by atoms with Crippen molar-refractivity contribution in [2.75, 3.05) is 0 Å². The number of hydrogen-bond donors (Lipinski definition) is 2. The molecule has 3 nitrogen and oxygen atoms in total. The molecule has 0 aliphatic carbocycles. The lowest BCUT2D eigenvalue weighted by Crippen LogP contribution is -1.86. The quantitative estimate of drug-likeness (QED) is 0.543. The molecule has 0 radical (unpaired) electrons. The zero-order valence-electron chi connectivity index (χ0n) is 4.27. The molecule has 0 aromatic rings. The van der Waals surface area contributed by atoms with E-state index in [0.717, 1.165) is 0 Å². The van der Waals surface area contributed by atoms with Crippen LogP contribution in [0.4, 0.5) is 0 Å². The van der Waals surface area contributed by atoms with Gasteiger partial charge in [-0.3, -0.25) is 4.79 Å². The van der Waals surface area contributed by atoms with Crippen molar-refractivity contribution in [3.8, 4) is 0 Å². The second-order valence-corrected chi connectivity index (χ2v) is 0.747. The highest BCUT2D eigenvalue weighted by Gasteiger charge is 1.80. The van der Waals surface area contributed by atoms with Crippen molar-refractivity contribution in [1.82, 2.24) is 6.15 Å². The lowest BCUT2D eigenvalue weighted by atomic mass is 10.5. The van der Waals surface area contributed by atoms with Gasteiger partial charge in [-0.25, -0.2) is 0 Å². The molecular formula is C3H11NO2S. The van der Waals surface area contributed by atoms with Crippen LogP contribution in [-0.2, 0) is 4.79 Å². The summed E-state index contributed by atoms with van der Waals surface area (Å²) in [6, 6.07) is 0. The van der Waals surface area contributed by atoms with Gasteiger partial charge in [0.2, 0.25) is 0 Å². The van der Waals surface area contributed by atoms with Crippen LogP contribution < -0.4 is 6.15 Å². The lowest BCUT2D eigenvalue weighted by molar-refractivity contribution is -0.136. The van der Waals surface area contributed by atoms with Crippen molar-refractivity contribution in [3.63, 3.8) is 0 Å². The third-order valence-corrected chi connectivity index (χ3v) is 0.302. The molecule has 0 unspecified atom stereocenters. The lowest BCUT2D eigenvalue weighted by Gasteiger charge is -1.71. The summed E-state index contributed by atoms with van der Waals surface area (Å²) < 4.78 is 0. The van der Waals surface area contributed by atoms with E-state index in [1.807, 2.05) is 0 Å². The van der Waals surface area contributed by atoms with Gasteiger partial charge in [0.1, 0.15) is 0 Å². The molecule has 0 aliphatic heterocycles. The fraction of sp³-hybridized carbons (Fsp3) is 0.667. The molecule has 4 N–H and O–H groups in total. The Balaban J connectivity index is -0.0000000800. The molecule has 0 amide bonds. The molecular weight excluding hydrogens is 114 g/mol. The molecule has 0 atom stereocenters. The van der Waals surface area contributed by atoms with Crippen molar-refractivity contribution in [2.24, 2.45) is 0 Å². The van der Waals surface area contributed by atoms with Crippen LogP contribution in [0.2, 0.25) is 0 Å². The first-order chi connectivity index (χ1) is 2.27. The molecule has 0 aliphatic rings. The Labute approximate surface area is 49.8 Å². The first-order valence-electron chi connectivity index (χ1n) is 1.49. The average Bonchev–Trinajstić information content (AvgIpc) is 1.38. The summed E-state index contributed by atoms with van der Waals surface area (Å²) in [6.45, 7) is 1.60. The fourth-order valence-electron chi connectivity index (χ4n) is 0. The predicted octanol–water partition coefficient (Wildman–Crippen LogP) is 0.756. The third kappa shape index (κ3) is 26.1. The predicted molar refractivity (Wildman–Crippen MR) is 33.3 cm³/mol. The zero-order chi connectivity index (χ0) is 4.28. The van der Waals surface area contributed by atoms with E-state index in [1.165, 1.54) is 0 Å². The van der Waals surface area contributed by atoms with E-state index >= 15 is 0 Å². The molecule has 0 heterocycles. The van der Waals surface area contributed by atoms with E-state index in [2.05, 4.69) is 0 Å². The van der Waals surface area contributed by atoms with Gasteiger partial charge in [0.05, 0.1) is 0 Å². The van der Waals surface area contributed by atoms with Crippen LogP contribution >= 0.6 is 13.5 Å².